The zero-order chi connectivity index (χ0) is 36.4. The molecule has 1 aromatic heterocycles. The summed E-state index contributed by atoms with van der Waals surface area (Å²) < 4.78 is 74.1. The summed E-state index contributed by atoms with van der Waals surface area (Å²) in [7, 11) is -4.87. The average molecular weight is 716 g/mol. The van der Waals surface area contributed by atoms with Crippen LogP contribution in [0.25, 0.3) is 0 Å². The lowest BCUT2D eigenvalue weighted by Gasteiger charge is -2.28. The first-order valence-electron chi connectivity index (χ1n) is 14.7. The summed E-state index contributed by atoms with van der Waals surface area (Å²) in [6.07, 6.45) is -4.77. The molecule has 274 valence electrons. The van der Waals surface area contributed by atoms with Gasteiger partial charge in [-0.2, -0.15) is 0 Å². The topological polar surface area (TPSA) is 242 Å². The molecule has 48 heavy (non-hydrogen) atoms. The van der Waals surface area contributed by atoms with Crippen molar-refractivity contribution in [1.82, 2.24) is 9.13 Å². The van der Waals surface area contributed by atoms with E-state index < -0.39 is 113 Å². The van der Waals surface area contributed by atoms with Crippen molar-refractivity contribution in [2.45, 2.75) is 97.3 Å². The molecule has 3 N–H and O–H groups in total. The summed E-state index contributed by atoms with van der Waals surface area (Å²) in [5.74, 6) is -1.17. The number of aromatic nitrogens is 2. The van der Waals surface area contributed by atoms with E-state index in [4.69, 9.17) is 38.3 Å². The Bertz CT molecular complexity index is 1400. The number of nitrogens with zero attached hydrogens (tertiary/aromatic N) is 2. The number of carbonyl (C=O) groups excluding carboxylic acids is 3. The van der Waals surface area contributed by atoms with Crippen molar-refractivity contribution in [2.24, 2.45) is 11.7 Å². The maximum absolute atomic E-state index is 14.6. The standard InChI is InChI=1S/C27H43FN3O16P/c1-16(2)20(29)21(33)39-13-31-19(32)8-9-30(23(31)34)22-26(7,37)10-27(11-28,47-22)12-42-48(38,43-14-40-24(35)45-17(3)4)44-15-41-25(36)46-18(5)6/h8-9,16-18,20,22,37H,10-15,29H2,1-7H3/t20?,22-,26-,27-/m1/s1. The fourth-order valence-corrected chi connectivity index (χ4v) is 5.05. The lowest BCUT2D eigenvalue weighted by Crippen LogP contribution is -2.46. The highest BCUT2D eigenvalue weighted by Crippen LogP contribution is 2.52. The van der Waals surface area contributed by atoms with Crippen molar-refractivity contribution < 1.29 is 70.4 Å². The fraction of sp³-hybridized carbons (Fsp3) is 0.741. The van der Waals surface area contributed by atoms with Crippen LogP contribution in [-0.4, -0.2) is 88.8 Å². The van der Waals surface area contributed by atoms with Crippen molar-refractivity contribution in [1.29, 1.82) is 0 Å². The largest absolute Gasteiger partial charge is 0.510 e. The van der Waals surface area contributed by atoms with E-state index in [-0.39, 0.29) is 5.92 Å². The molecule has 21 heteroatoms. The van der Waals surface area contributed by atoms with Crippen LogP contribution in [-0.2, 0) is 58.1 Å². The number of rotatable bonds is 17. The summed E-state index contributed by atoms with van der Waals surface area (Å²) >= 11 is 0. The maximum Gasteiger partial charge on any atom is 0.510 e. The third-order valence-corrected chi connectivity index (χ3v) is 7.71. The second-order valence-corrected chi connectivity index (χ2v) is 13.5. The summed E-state index contributed by atoms with van der Waals surface area (Å²) in [5, 5.41) is 11.2. The monoisotopic (exact) mass is 715 g/mol. The van der Waals surface area contributed by atoms with Crippen LogP contribution < -0.4 is 17.0 Å². The highest BCUT2D eigenvalue weighted by atomic mass is 31.2. The van der Waals surface area contributed by atoms with Crippen molar-refractivity contribution in [2.75, 3.05) is 26.9 Å². The minimum atomic E-state index is -4.87. The summed E-state index contributed by atoms with van der Waals surface area (Å²) in [6.45, 7) is 5.42. The predicted octanol–water partition coefficient (Wildman–Crippen LogP) is 2.07. The number of halogens is 1. The molecule has 1 aliphatic heterocycles. The van der Waals surface area contributed by atoms with E-state index in [2.05, 4.69) is 9.47 Å². The average Bonchev–Trinajstić information content (AvgIpc) is 3.25. The van der Waals surface area contributed by atoms with Crippen LogP contribution in [0.5, 0.6) is 0 Å². The Morgan fingerprint density at radius 3 is 2.04 bits per heavy atom. The SMILES string of the molecule is CC(C)OC(=O)OCOP(=O)(OCOC(=O)OC(C)C)OC[C@]1(CF)C[C@@](C)(O)[C@H](n2ccc(=O)n(COC(=O)C(N)C(C)C)c2=O)O1. The molecule has 4 atom stereocenters. The van der Waals surface area contributed by atoms with Crippen LogP contribution in [0.1, 0.15) is 61.1 Å². The van der Waals surface area contributed by atoms with Gasteiger partial charge in [-0.05, 0) is 40.5 Å². The van der Waals surface area contributed by atoms with Gasteiger partial charge in [-0.3, -0.25) is 18.7 Å². The number of hydrogen-bond donors (Lipinski definition) is 2. The Labute approximate surface area is 274 Å². The second kappa shape index (κ2) is 17.3. The van der Waals surface area contributed by atoms with Gasteiger partial charge in [0.1, 0.15) is 23.9 Å². The van der Waals surface area contributed by atoms with E-state index >= 15 is 0 Å². The van der Waals surface area contributed by atoms with Gasteiger partial charge in [0.15, 0.2) is 13.0 Å². The molecule has 0 saturated carbocycles. The number of nitrogens with two attached hydrogens (primary N) is 1. The molecule has 0 aromatic carbocycles. The number of aliphatic hydroxyl groups is 1. The highest BCUT2D eigenvalue weighted by molar-refractivity contribution is 7.48. The number of phosphoric acid groups is 1. The van der Waals surface area contributed by atoms with Crippen molar-refractivity contribution in [3.63, 3.8) is 0 Å². The van der Waals surface area contributed by atoms with Gasteiger partial charge in [-0.15, -0.1) is 0 Å². The van der Waals surface area contributed by atoms with Crippen molar-refractivity contribution in [3.05, 3.63) is 33.1 Å². The Morgan fingerprint density at radius 1 is 1.02 bits per heavy atom. The van der Waals surface area contributed by atoms with E-state index in [0.29, 0.717) is 4.57 Å². The molecule has 1 fully saturated rings. The Balaban J connectivity index is 2.27. The molecule has 1 unspecified atom stereocenters. The molecule has 19 nitrogen and oxygen atoms in total. The van der Waals surface area contributed by atoms with Gasteiger partial charge < -0.3 is 39.3 Å². The molecule has 1 saturated heterocycles. The molecule has 0 aliphatic carbocycles. The number of ether oxygens (including phenoxy) is 6. The molecule has 2 rings (SSSR count). The lowest BCUT2D eigenvalue weighted by atomic mass is 9.92. The number of hydrogen-bond acceptors (Lipinski definition) is 17. The second-order valence-electron chi connectivity index (χ2n) is 11.8. The van der Waals surface area contributed by atoms with Crippen LogP contribution in [0.4, 0.5) is 14.0 Å². The predicted molar refractivity (Wildman–Crippen MR) is 159 cm³/mol. The first-order valence-corrected chi connectivity index (χ1v) is 16.1. The molecule has 0 bridgehead atoms. The Hall–Kier alpha value is -3.39. The minimum Gasteiger partial charge on any atom is -0.442 e. The third-order valence-electron chi connectivity index (χ3n) is 6.42. The number of alkyl halides is 1. The van der Waals surface area contributed by atoms with Gasteiger partial charge in [0.2, 0.25) is 13.6 Å². The van der Waals surface area contributed by atoms with Gasteiger partial charge in [-0.25, -0.2) is 37.0 Å². The Kier molecular flexibility index (Phi) is 14.7. The quantitative estimate of drug-likeness (QED) is 0.101. The van der Waals surface area contributed by atoms with Crippen molar-refractivity contribution in [3.8, 4) is 0 Å². The minimum absolute atomic E-state index is 0.298. The highest BCUT2D eigenvalue weighted by Gasteiger charge is 2.55. The van der Waals surface area contributed by atoms with E-state index in [1.54, 1.807) is 13.8 Å². The zero-order valence-corrected chi connectivity index (χ0v) is 28.5. The molecular formula is C27H43FN3O16P. The normalized spacial score (nSPS) is 21.7. The van der Waals surface area contributed by atoms with E-state index in [0.717, 1.165) is 16.8 Å². The molecule has 0 radical (unpaired) electrons. The van der Waals surface area contributed by atoms with E-state index in [1.807, 2.05) is 0 Å². The van der Waals surface area contributed by atoms with Crippen molar-refractivity contribution >= 4 is 26.1 Å². The molecule has 0 spiro atoms. The molecule has 0 amide bonds. The summed E-state index contributed by atoms with van der Waals surface area (Å²) in [6, 6.07) is -0.103. The van der Waals surface area contributed by atoms with Gasteiger partial charge in [0, 0.05) is 18.7 Å². The number of phosphoric ester groups is 1. The van der Waals surface area contributed by atoms with Gasteiger partial charge in [0.05, 0.1) is 18.8 Å². The lowest BCUT2D eigenvalue weighted by molar-refractivity contribution is -0.151. The van der Waals surface area contributed by atoms with Gasteiger partial charge in [-0.1, -0.05) is 13.8 Å². The van der Waals surface area contributed by atoms with Crippen LogP contribution in [0.3, 0.4) is 0 Å². The first kappa shape index (κ1) is 40.8. The summed E-state index contributed by atoms with van der Waals surface area (Å²) in [4.78, 5) is 61.3. The number of carbonyl (C=O) groups is 3. The number of esters is 1. The smallest absolute Gasteiger partial charge is 0.442 e. The summed E-state index contributed by atoms with van der Waals surface area (Å²) in [5.41, 5.74) is -0.341. The molecule has 1 aromatic rings. The maximum atomic E-state index is 14.6. The molecule has 1 aliphatic rings. The van der Waals surface area contributed by atoms with Crippen LogP contribution in [0.2, 0.25) is 0 Å². The first-order chi connectivity index (χ1) is 22.2. The van der Waals surface area contributed by atoms with Crippen LogP contribution in [0, 0.1) is 5.92 Å². The van der Waals surface area contributed by atoms with Crippen LogP contribution >= 0.6 is 7.82 Å². The van der Waals surface area contributed by atoms with Gasteiger partial charge in [0.25, 0.3) is 5.56 Å². The molecule has 2 heterocycles. The van der Waals surface area contributed by atoms with E-state index in [1.165, 1.54) is 34.6 Å². The Morgan fingerprint density at radius 2 is 1.56 bits per heavy atom. The zero-order valence-electron chi connectivity index (χ0n) is 27.7. The fourth-order valence-electron chi connectivity index (χ4n) is 4.07. The van der Waals surface area contributed by atoms with Crippen LogP contribution in [0.15, 0.2) is 21.9 Å². The third kappa shape index (κ3) is 11.6. The molecular weight excluding hydrogens is 672 g/mol. The van der Waals surface area contributed by atoms with E-state index in [9.17, 15) is 38.0 Å². The van der Waals surface area contributed by atoms with Gasteiger partial charge >= 0.3 is 31.8 Å².